The van der Waals surface area contributed by atoms with Crippen molar-refractivity contribution in [2.24, 2.45) is 5.92 Å². The molecule has 1 aromatic carbocycles. The lowest BCUT2D eigenvalue weighted by Crippen LogP contribution is -2.46. The molecule has 0 unspecified atom stereocenters. The molecule has 1 atom stereocenters. The van der Waals surface area contributed by atoms with Crippen LogP contribution in [0, 0.1) is 5.92 Å². The molecular weight excluding hydrogens is 414 g/mol. The number of rotatable bonds is 6. The first-order valence-electron chi connectivity index (χ1n) is 10.8. The monoisotopic (exact) mass is 441 g/mol. The van der Waals surface area contributed by atoms with Crippen LogP contribution < -0.4 is 15.5 Å². The van der Waals surface area contributed by atoms with Crippen molar-refractivity contribution in [3.8, 4) is 0 Å². The molecule has 1 fully saturated rings. The minimum Gasteiger partial charge on any atom is -0.318 e. The predicted octanol–water partition coefficient (Wildman–Crippen LogP) is 4.55. The van der Waals surface area contributed by atoms with Crippen LogP contribution in [0.1, 0.15) is 38.3 Å². The molecule has 2 N–H and O–H groups in total. The third-order valence-corrected chi connectivity index (χ3v) is 6.33. The van der Waals surface area contributed by atoms with Gasteiger partial charge in [-0.2, -0.15) is 0 Å². The highest BCUT2D eigenvalue weighted by Gasteiger charge is 2.34. The summed E-state index contributed by atoms with van der Waals surface area (Å²) >= 11 is 6.22. The lowest BCUT2D eigenvalue weighted by molar-refractivity contribution is -0.117. The second-order valence-electron chi connectivity index (χ2n) is 8.29. The van der Waals surface area contributed by atoms with Crippen LogP contribution in [0.5, 0.6) is 0 Å². The van der Waals surface area contributed by atoms with E-state index in [0.717, 1.165) is 24.2 Å². The van der Waals surface area contributed by atoms with Gasteiger partial charge in [-0.1, -0.05) is 30.5 Å². The normalized spacial score (nSPS) is 17.6. The molecule has 1 aromatic heterocycles. The van der Waals surface area contributed by atoms with E-state index in [2.05, 4.69) is 10.6 Å². The summed E-state index contributed by atoms with van der Waals surface area (Å²) < 4.78 is 0. The van der Waals surface area contributed by atoms with Crippen LogP contribution in [-0.2, 0) is 11.3 Å². The molecule has 1 aliphatic carbocycles. The third-order valence-electron chi connectivity index (χ3n) is 6.09. The molecule has 1 aliphatic heterocycles. The molecule has 0 saturated heterocycles. The van der Waals surface area contributed by atoms with Gasteiger partial charge >= 0.3 is 6.03 Å². The summed E-state index contributed by atoms with van der Waals surface area (Å²) in [6.45, 7) is 2.92. The number of pyridine rings is 1. The van der Waals surface area contributed by atoms with Crippen LogP contribution in [0.25, 0.3) is 0 Å². The Bertz CT molecular complexity index is 976. The Labute approximate surface area is 187 Å². The number of carbonyl (C=O) groups excluding carboxylic acids is 2. The van der Waals surface area contributed by atoms with Gasteiger partial charge in [0.2, 0.25) is 5.91 Å². The van der Waals surface area contributed by atoms with E-state index in [1.54, 1.807) is 37.1 Å². The molecule has 0 radical (unpaired) electrons. The highest BCUT2D eigenvalue weighted by molar-refractivity contribution is 6.31. The van der Waals surface area contributed by atoms with Crippen LogP contribution in [0.4, 0.5) is 22.0 Å². The number of benzene rings is 1. The minimum atomic E-state index is -0.332. The smallest absolute Gasteiger partial charge is 0.318 e. The summed E-state index contributed by atoms with van der Waals surface area (Å²) in [5.41, 5.74) is 2.18. The lowest BCUT2D eigenvalue weighted by Gasteiger charge is -2.37. The molecular formula is C23H28ClN5O2. The maximum Gasteiger partial charge on any atom is 0.329 e. The van der Waals surface area contributed by atoms with Crippen molar-refractivity contribution in [2.75, 3.05) is 23.8 Å². The highest BCUT2D eigenvalue weighted by Crippen LogP contribution is 2.37. The molecule has 8 heteroatoms. The Kier molecular flexibility index (Phi) is 6.43. The number of hydrogen-bond donors (Lipinski definition) is 2. The molecule has 4 rings (SSSR count). The minimum absolute atomic E-state index is 0.0657. The van der Waals surface area contributed by atoms with Crippen LogP contribution >= 0.6 is 11.6 Å². The summed E-state index contributed by atoms with van der Waals surface area (Å²) in [5, 5.41) is 6.34. The largest absolute Gasteiger partial charge is 0.329 e. The van der Waals surface area contributed by atoms with Gasteiger partial charge in [0.05, 0.1) is 29.7 Å². The van der Waals surface area contributed by atoms with Gasteiger partial charge in [0.25, 0.3) is 0 Å². The fourth-order valence-corrected chi connectivity index (χ4v) is 4.44. The average molecular weight is 442 g/mol. The van der Waals surface area contributed by atoms with Crippen molar-refractivity contribution in [1.82, 2.24) is 15.2 Å². The van der Waals surface area contributed by atoms with Crippen molar-refractivity contribution < 1.29 is 9.59 Å². The standard InChI is InChI=1S/C23H28ClN5O2/c1-15(25-2)22(30)27-21-11-10-20-19(26-21)14-28(13-16-6-3-4-7-16)23(31)29(20)18-9-5-8-17(24)12-18/h5,8-12,15-16,25H,3-4,6-7,13-14H2,1-2H3,(H,26,27,30)/t15-/m0/s1. The topological polar surface area (TPSA) is 77.6 Å². The first kappa shape index (κ1) is 21.6. The SMILES string of the molecule is CN[C@@H](C)C(=O)Nc1ccc2c(n1)CN(CC1CCCC1)C(=O)N2c1cccc(Cl)c1. The van der Waals surface area contributed by atoms with Gasteiger partial charge in [0.15, 0.2) is 0 Å². The van der Waals surface area contributed by atoms with E-state index in [-0.39, 0.29) is 18.0 Å². The quantitative estimate of drug-likeness (QED) is 0.689. The molecule has 3 amide bonds. The number of hydrogen-bond acceptors (Lipinski definition) is 4. The Morgan fingerprint density at radius 1 is 1.26 bits per heavy atom. The summed E-state index contributed by atoms with van der Waals surface area (Å²) in [7, 11) is 1.74. The van der Waals surface area contributed by atoms with Gasteiger partial charge in [0, 0.05) is 11.6 Å². The highest BCUT2D eigenvalue weighted by atomic mass is 35.5. The van der Waals surface area contributed by atoms with Crippen molar-refractivity contribution in [2.45, 2.75) is 45.2 Å². The number of likely N-dealkylation sites (N-methyl/N-ethyl adjacent to an activating group) is 1. The second-order valence-corrected chi connectivity index (χ2v) is 8.73. The van der Waals surface area contributed by atoms with Gasteiger partial charge in [0.1, 0.15) is 5.82 Å². The summed E-state index contributed by atoms with van der Waals surface area (Å²) in [6, 6.07) is 10.5. The molecule has 2 aliphatic rings. The molecule has 2 aromatic rings. The lowest BCUT2D eigenvalue weighted by atomic mass is 10.1. The molecule has 0 bridgehead atoms. The van der Waals surface area contributed by atoms with Crippen LogP contribution in [0.2, 0.25) is 5.02 Å². The number of amides is 3. The fourth-order valence-electron chi connectivity index (χ4n) is 4.25. The van der Waals surface area contributed by atoms with Gasteiger partial charge < -0.3 is 15.5 Å². The van der Waals surface area contributed by atoms with Crippen molar-refractivity contribution >= 4 is 40.7 Å². The average Bonchev–Trinajstić information content (AvgIpc) is 3.27. The zero-order valence-corrected chi connectivity index (χ0v) is 18.7. The van der Waals surface area contributed by atoms with Crippen molar-refractivity contribution in [3.05, 3.63) is 47.1 Å². The number of anilines is 3. The first-order chi connectivity index (χ1) is 15.0. The summed E-state index contributed by atoms with van der Waals surface area (Å²) in [6.07, 6.45) is 4.75. The predicted molar refractivity (Wildman–Crippen MR) is 123 cm³/mol. The molecule has 7 nitrogen and oxygen atoms in total. The Balaban J connectivity index is 1.68. The van der Waals surface area contributed by atoms with E-state index in [1.165, 1.54) is 12.8 Å². The zero-order chi connectivity index (χ0) is 22.0. The number of halogens is 1. The van der Waals surface area contributed by atoms with E-state index < -0.39 is 0 Å². The van der Waals surface area contributed by atoms with Crippen LogP contribution in [0.3, 0.4) is 0 Å². The van der Waals surface area contributed by atoms with Crippen LogP contribution in [0.15, 0.2) is 36.4 Å². The first-order valence-corrected chi connectivity index (χ1v) is 11.2. The molecule has 1 saturated carbocycles. The van der Waals surface area contributed by atoms with E-state index in [0.29, 0.717) is 35.5 Å². The number of aromatic nitrogens is 1. The maximum atomic E-state index is 13.5. The number of fused-ring (bicyclic) bond motifs is 1. The number of urea groups is 1. The summed E-state index contributed by atoms with van der Waals surface area (Å²) in [4.78, 5) is 34.0. The van der Waals surface area contributed by atoms with Crippen molar-refractivity contribution in [1.29, 1.82) is 0 Å². The van der Waals surface area contributed by atoms with Gasteiger partial charge in [-0.05, 0) is 63.1 Å². The Hall–Kier alpha value is -2.64. The molecule has 2 heterocycles. The molecule has 164 valence electrons. The van der Waals surface area contributed by atoms with Gasteiger partial charge in [-0.3, -0.25) is 9.69 Å². The van der Waals surface area contributed by atoms with Gasteiger partial charge in [-0.15, -0.1) is 0 Å². The second kappa shape index (κ2) is 9.24. The van der Waals surface area contributed by atoms with Crippen LogP contribution in [-0.4, -0.2) is 41.5 Å². The Morgan fingerprint density at radius 3 is 2.74 bits per heavy atom. The number of nitrogens with one attached hydrogen (secondary N) is 2. The summed E-state index contributed by atoms with van der Waals surface area (Å²) in [5.74, 6) is 0.842. The Morgan fingerprint density at radius 2 is 2.03 bits per heavy atom. The molecule has 0 spiro atoms. The number of carbonyl (C=O) groups is 2. The van der Waals surface area contributed by atoms with E-state index in [9.17, 15) is 9.59 Å². The zero-order valence-electron chi connectivity index (χ0n) is 17.9. The molecule has 31 heavy (non-hydrogen) atoms. The van der Waals surface area contributed by atoms with E-state index >= 15 is 0 Å². The van der Waals surface area contributed by atoms with E-state index in [4.69, 9.17) is 16.6 Å². The third kappa shape index (κ3) is 4.67. The van der Waals surface area contributed by atoms with Crippen molar-refractivity contribution in [3.63, 3.8) is 0 Å². The maximum absolute atomic E-state index is 13.5. The van der Waals surface area contributed by atoms with E-state index in [1.807, 2.05) is 23.1 Å². The number of nitrogens with zero attached hydrogens (tertiary/aromatic N) is 3. The van der Waals surface area contributed by atoms with Gasteiger partial charge in [-0.25, -0.2) is 9.78 Å². The fraction of sp³-hybridized carbons (Fsp3) is 0.435.